The van der Waals surface area contributed by atoms with Crippen molar-refractivity contribution in [3.8, 4) is 23.3 Å². The first-order valence-corrected chi connectivity index (χ1v) is 5.85. The largest absolute Gasteiger partial charge is 0.192 e. The standard InChI is InChI=1S/C16H14N2/c1-16(2,3)15-7-6-11-4-5-12(9-17)13(10-18)8-14(11)15/h4-8H,1-3H3. The van der Waals surface area contributed by atoms with Crippen LogP contribution in [0.15, 0.2) is 30.3 Å². The maximum Gasteiger partial charge on any atom is 0.101 e. The van der Waals surface area contributed by atoms with Crippen LogP contribution < -0.4 is 0 Å². The van der Waals surface area contributed by atoms with Gasteiger partial charge in [0.25, 0.3) is 0 Å². The van der Waals surface area contributed by atoms with Gasteiger partial charge in [-0.1, -0.05) is 39.0 Å². The molecule has 2 nitrogen and oxygen atoms in total. The quantitative estimate of drug-likeness (QED) is 0.695. The van der Waals surface area contributed by atoms with Crippen LogP contribution in [0.3, 0.4) is 0 Å². The number of nitriles is 2. The Kier molecular flexibility index (Phi) is 2.81. The molecule has 0 fully saturated rings. The summed E-state index contributed by atoms with van der Waals surface area (Å²) in [5.74, 6) is 0. The van der Waals surface area contributed by atoms with Crippen molar-refractivity contribution in [1.82, 2.24) is 0 Å². The van der Waals surface area contributed by atoms with Crippen molar-refractivity contribution in [2.75, 3.05) is 0 Å². The molecular formula is C16H14N2. The number of hydrogen-bond donors (Lipinski definition) is 0. The van der Waals surface area contributed by atoms with E-state index in [1.807, 2.05) is 18.2 Å². The molecule has 2 aliphatic rings. The van der Waals surface area contributed by atoms with Crippen molar-refractivity contribution in [2.45, 2.75) is 26.2 Å². The van der Waals surface area contributed by atoms with E-state index < -0.39 is 0 Å². The molecule has 0 bridgehead atoms. The van der Waals surface area contributed by atoms with Crippen LogP contribution in [0.1, 0.15) is 37.5 Å². The topological polar surface area (TPSA) is 47.6 Å². The molecule has 0 spiro atoms. The lowest BCUT2D eigenvalue weighted by molar-refractivity contribution is 0.594. The maximum atomic E-state index is 9.15. The Morgan fingerprint density at radius 3 is 2.06 bits per heavy atom. The zero-order valence-corrected chi connectivity index (χ0v) is 10.8. The molecule has 2 heteroatoms. The summed E-state index contributed by atoms with van der Waals surface area (Å²) < 4.78 is 0. The lowest BCUT2D eigenvalue weighted by Crippen LogP contribution is -2.10. The fourth-order valence-electron chi connectivity index (χ4n) is 2.14. The Bertz CT molecular complexity index is 649. The molecule has 0 saturated carbocycles. The van der Waals surface area contributed by atoms with Crippen LogP contribution in [0, 0.1) is 22.7 Å². The normalized spacial score (nSPS) is 10.9. The van der Waals surface area contributed by atoms with Crippen molar-refractivity contribution in [1.29, 1.82) is 10.5 Å². The van der Waals surface area contributed by atoms with E-state index in [2.05, 4.69) is 39.0 Å². The van der Waals surface area contributed by atoms with Gasteiger partial charge in [0.2, 0.25) is 0 Å². The van der Waals surface area contributed by atoms with Crippen molar-refractivity contribution in [3.05, 3.63) is 47.0 Å². The van der Waals surface area contributed by atoms with Crippen LogP contribution in [0.5, 0.6) is 0 Å². The Balaban J connectivity index is 2.80. The van der Waals surface area contributed by atoms with E-state index in [-0.39, 0.29) is 5.41 Å². The van der Waals surface area contributed by atoms with Crippen LogP contribution in [-0.4, -0.2) is 0 Å². The predicted molar refractivity (Wildman–Crippen MR) is 71.2 cm³/mol. The average molecular weight is 234 g/mol. The fraction of sp³-hybridized carbons (Fsp3) is 0.250. The molecule has 0 N–H and O–H groups in total. The van der Waals surface area contributed by atoms with E-state index >= 15 is 0 Å². The van der Waals surface area contributed by atoms with E-state index in [4.69, 9.17) is 10.5 Å². The molecular weight excluding hydrogens is 220 g/mol. The van der Waals surface area contributed by atoms with Gasteiger partial charge in [0.15, 0.2) is 0 Å². The van der Waals surface area contributed by atoms with Crippen LogP contribution in [-0.2, 0) is 5.41 Å². The van der Waals surface area contributed by atoms with E-state index in [0.29, 0.717) is 11.1 Å². The van der Waals surface area contributed by atoms with Gasteiger partial charge in [-0.05, 0) is 34.2 Å². The minimum Gasteiger partial charge on any atom is -0.192 e. The summed E-state index contributed by atoms with van der Waals surface area (Å²) in [5.41, 5.74) is 4.21. The number of rotatable bonds is 0. The number of nitrogens with zero attached hydrogens (tertiary/aromatic N) is 2. The van der Waals surface area contributed by atoms with Gasteiger partial charge in [0, 0.05) is 0 Å². The van der Waals surface area contributed by atoms with E-state index in [1.165, 1.54) is 5.56 Å². The molecule has 0 amide bonds. The highest BCUT2D eigenvalue weighted by atomic mass is 14.3. The summed E-state index contributed by atoms with van der Waals surface area (Å²) >= 11 is 0. The zero-order chi connectivity index (χ0) is 13.3. The molecule has 0 saturated heterocycles. The summed E-state index contributed by atoms with van der Waals surface area (Å²) in [6, 6.07) is 13.8. The SMILES string of the molecule is CC(C)(C)c1ccc2ccc(C#N)c(C#N)cc1-2. The summed E-state index contributed by atoms with van der Waals surface area (Å²) in [5, 5.41) is 18.2. The summed E-state index contributed by atoms with van der Waals surface area (Å²) in [6.45, 7) is 6.43. The molecule has 0 heterocycles. The first-order valence-electron chi connectivity index (χ1n) is 5.85. The lowest BCUT2D eigenvalue weighted by Gasteiger charge is -2.19. The molecule has 2 rings (SSSR count). The second kappa shape index (κ2) is 4.17. The van der Waals surface area contributed by atoms with Gasteiger partial charge in [-0.2, -0.15) is 10.5 Å². The molecule has 0 aliphatic heterocycles. The third-order valence-electron chi connectivity index (χ3n) is 3.09. The van der Waals surface area contributed by atoms with E-state index in [1.54, 1.807) is 6.07 Å². The monoisotopic (exact) mass is 234 g/mol. The Morgan fingerprint density at radius 2 is 1.50 bits per heavy atom. The fourth-order valence-corrected chi connectivity index (χ4v) is 2.14. The van der Waals surface area contributed by atoms with Crippen molar-refractivity contribution in [2.24, 2.45) is 0 Å². The Hall–Kier alpha value is -2.32. The molecule has 18 heavy (non-hydrogen) atoms. The van der Waals surface area contributed by atoms with E-state index in [0.717, 1.165) is 11.1 Å². The lowest BCUT2D eigenvalue weighted by atomic mass is 9.85. The van der Waals surface area contributed by atoms with Crippen LogP contribution >= 0.6 is 0 Å². The van der Waals surface area contributed by atoms with Gasteiger partial charge >= 0.3 is 0 Å². The van der Waals surface area contributed by atoms with Crippen LogP contribution in [0.2, 0.25) is 0 Å². The molecule has 0 aromatic rings. The van der Waals surface area contributed by atoms with Crippen LogP contribution in [0.4, 0.5) is 0 Å². The molecule has 0 atom stereocenters. The Labute approximate surface area is 107 Å². The van der Waals surface area contributed by atoms with E-state index in [9.17, 15) is 0 Å². The van der Waals surface area contributed by atoms with Crippen molar-refractivity contribution < 1.29 is 0 Å². The minimum atomic E-state index is 0.0234. The van der Waals surface area contributed by atoms with Gasteiger partial charge in [-0.3, -0.25) is 0 Å². The van der Waals surface area contributed by atoms with Gasteiger partial charge in [-0.15, -0.1) is 0 Å². The second-order valence-electron chi connectivity index (χ2n) is 5.39. The van der Waals surface area contributed by atoms with Gasteiger partial charge in [-0.25, -0.2) is 0 Å². The molecule has 0 radical (unpaired) electrons. The predicted octanol–water partition coefficient (Wildman–Crippen LogP) is 3.83. The smallest absolute Gasteiger partial charge is 0.101 e. The van der Waals surface area contributed by atoms with Gasteiger partial charge in [0.1, 0.15) is 12.1 Å². The highest BCUT2D eigenvalue weighted by molar-refractivity contribution is 5.74. The molecule has 88 valence electrons. The zero-order valence-electron chi connectivity index (χ0n) is 10.8. The third-order valence-corrected chi connectivity index (χ3v) is 3.09. The van der Waals surface area contributed by atoms with Crippen molar-refractivity contribution >= 4 is 0 Å². The summed E-state index contributed by atoms with van der Waals surface area (Å²) in [7, 11) is 0. The van der Waals surface area contributed by atoms with Gasteiger partial charge < -0.3 is 0 Å². The highest BCUT2D eigenvalue weighted by Gasteiger charge is 2.21. The first-order chi connectivity index (χ1) is 8.47. The first kappa shape index (κ1) is 12.1. The summed E-state index contributed by atoms with van der Waals surface area (Å²) in [6.07, 6.45) is 0. The number of fused-ring (bicyclic) bond motifs is 1. The van der Waals surface area contributed by atoms with Crippen molar-refractivity contribution in [3.63, 3.8) is 0 Å². The van der Waals surface area contributed by atoms with Crippen LogP contribution in [0.25, 0.3) is 11.1 Å². The van der Waals surface area contributed by atoms with Gasteiger partial charge in [0.05, 0.1) is 11.1 Å². The number of hydrogen-bond acceptors (Lipinski definition) is 2. The molecule has 2 aliphatic carbocycles. The molecule has 0 unspecified atom stereocenters. The minimum absolute atomic E-state index is 0.0234. The second-order valence-corrected chi connectivity index (χ2v) is 5.39. The Morgan fingerprint density at radius 1 is 0.889 bits per heavy atom. The highest BCUT2D eigenvalue weighted by Crippen LogP contribution is 2.36. The molecule has 0 aromatic heterocycles. The summed E-state index contributed by atoms with van der Waals surface area (Å²) in [4.78, 5) is 0. The average Bonchev–Trinajstić information content (AvgIpc) is 2.63. The maximum absolute atomic E-state index is 9.15. The molecule has 0 aromatic carbocycles. The third kappa shape index (κ3) is 1.94.